The predicted octanol–water partition coefficient (Wildman–Crippen LogP) is 2.68. The Balaban J connectivity index is 1.85. The quantitative estimate of drug-likeness (QED) is 0.784. The lowest BCUT2D eigenvalue weighted by atomic mass is 9.86. The Morgan fingerprint density at radius 2 is 1.77 bits per heavy atom. The number of benzene rings is 2. The van der Waals surface area contributed by atoms with Crippen molar-refractivity contribution < 1.29 is 19.5 Å². The van der Waals surface area contributed by atoms with Crippen LogP contribution < -0.4 is 5.32 Å². The second kappa shape index (κ2) is 7.35. The summed E-state index contributed by atoms with van der Waals surface area (Å²) in [5.74, 6) is -1.36. The average Bonchev–Trinajstić information content (AvgIpc) is 2.60. The van der Waals surface area contributed by atoms with E-state index in [2.05, 4.69) is 5.32 Å². The van der Waals surface area contributed by atoms with Gasteiger partial charge in [0.15, 0.2) is 11.6 Å². The highest BCUT2D eigenvalue weighted by atomic mass is 16.4. The molecule has 0 spiro atoms. The molecule has 0 radical (unpaired) electrons. The third kappa shape index (κ3) is 3.72. The molecule has 5 heteroatoms. The van der Waals surface area contributed by atoms with Gasteiger partial charge in [-0.2, -0.15) is 0 Å². The summed E-state index contributed by atoms with van der Waals surface area (Å²) in [5, 5.41) is 12.0. The summed E-state index contributed by atoms with van der Waals surface area (Å²) in [7, 11) is 1.80. The van der Waals surface area contributed by atoms with Crippen molar-refractivity contribution >= 4 is 29.3 Å². The van der Waals surface area contributed by atoms with Gasteiger partial charge < -0.3 is 10.4 Å². The molecule has 26 heavy (non-hydrogen) atoms. The van der Waals surface area contributed by atoms with E-state index in [9.17, 15) is 14.4 Å². The number of carboxylic acid groups (broad SMARTS) is 1. The topological polar surface area (TPSA) is 83.5 Å². The largest absolute Gasteiger partial charge is 0.481 e. The van der Waals surface area contributed by atoms with Gasteiger partial charge in [0.2, 0.25) is 0 Å². The van der Waals surface area contributed by atoms with Crippen LogP contribution in [0.25, 0.3) is 6.08 Å². The highest BCUT2D eigenvalue weighted by Gasteiger charge is 2.25. The first kappa shape index (κ1) is 17.6. The van der Waals surface area contributed by atoms with Crippen LogP contribution in [0.3, 0.4) is 0 Å². The van der Waals surface area contributed by atoms with Crippen LogP contribution in [0.5, 0.6) is 0 Å². The van der Waals surface area contributed by atoms with Crippen molar-refractivity contribution in [3.05, 3.63) is 70.3 Å². The van der Waals surface area contributed by atoms with E-state index in [4.69, 9.17) is 5.11 Å². The van der Waals surface area contributed by atoms with Crippen LogP contribution in [0.15, 0.2) is 48.0 Å². The molecule has 1 aliphatic carbocycles. The van der Waals surface area contributed by atoms with Crippen LogP contribution in [-0.2, 0) is 33.6 Å². The molecule has 0 aliphatic heterocycles. The van der Waals surface area contributed by atoms with Gasteiger partial charge in [-0.1, -0.05) is 36.4 Å². The first-order chi connectivity index (χ1) is 12.5. The van der Waals surface area contributed by atoms with Crippen LogP contribution in [0.4, 0.5) is 5.69 Å². The molecular weight excluding hydrogens is 330 g/mol. The van der Waals surface area contributed by atoms with Crippen LogP contribution >= 0.6 is 0 Å². The minimum absolute atomic E-state index is 0.0755. The van der Waals surface area contributed by atoms with Gasteiger partial charge >= 0.3 is 5.97 Å². The molecule has 0 saturated heterocycles. The Kier molecular flexibility index (Phi) is 4.98. The zero-order chi connectivity index (χ0) is 18.7. The Morgan fingerprint density at radius 3 is 2.46 bits per heavy atom. The molecule has 1 aliphatic rings. The Morgan fingerprint density at radius 1 is 1.08 bits per heavy atom. The molecule has 2 aromatic rings. The third-order valence-corrected chi connectivity index (χ3v) is 4.43. The standard InChI is InChI=1S/C21H19NO4/c1-22-18-7-3-6-15-11-17(20(24)12-16(15)18)19(23)9-13-4-2-5-14(8-13)10-21(25)26/h2-8,11,22H,9-10,12H2,1H3,(H,25,26). The predicted molar refractivity (Wildman–Crippen MR) is 99.2 cm³/mol. The summed E-state index contributed by atoms with van der Waals surface area (Å²) in [6.45, 7) is 0. The second-order valence-electron chi connectivity index (χ2n) is 6.27. The Labute approximate surface area is 151 Å². The van der Waals surface area contributed by atoms with E-state index in [1.807, 2.05) is 18.2 Å². The number of fused-ring (bicyclic) bond motifs is 1. The average molecular weight is 349 g/mol. The van der Waals surface area contributed by atoms with Gasteiger partial charge in [0.05, 0.1) is 12.0 Å². The van der Waals surface area contributed by atoms with E-state index in [1.54, 1.807) is 37.4 Å². The van der Waals surface area contributed by atoms with Crippen molar-refractivity contribution in [3.8, 4) is 0 Å². The lowest BCUT2D eigenvalue weighted by Crippen LogP contribution is -2.21. The smallest absolute Gasteiger partial charge is 0.307 e. The molecule has 0 atom stereocenters. The van der Waals surface area contributed by atoms with E-state index < -0.39 is 5.97 Å². The lowest BCUT2D eigenvalue weighted by Gasteiger charge is -2.18. The van der Waals surface area contributed by atoms with Gasteiger partial charge in [0.25, 0.3) is 0 Å². The minimum atomic E-state index is -0.921. The van der Waals surface area contributed by atoms with E-state index >= 15 is 0 Å². The molecule has 0 aromatic heterocycles. The molecule has 3 rings (SSSR count). The molecule has 0 heterocycles. The van der Waals surface area contributed by atoms with E-state index in [0.717, 1.165) is 16.8 Å². The monoisotopic (exact) mass is 349 g/mol. The summed E-state index contributed by atoms with van der Waals surface area (Å²) < 4.78 is 0. The fourth-order valence-electron chi connectivity index (χ4n) is 3.20. The number of anilines is 1. The van der Waals surface area contributed by atoms with Gasteiger partial charge in [-0.05, 0) is 34.4 Å². The van der Waals surface area contributed by atoms with E-state index in [-0.39, 0.29) is 36.4 Å². The molecule has 132 valence electrons. The zero-order valence-corrected chi connectivity index (χ0v) is 14.4. The highest BCUT2D eigenvalue weighted by Crippen LogP contribution is 2.28. The Hall–Kier alpha value is -3.21. The number of rotatable bonds is 6. The second-order valence-corrected chi connectivity index (χ2v) is 6.27. The maximum atomic E-state index is 12.7. The van der Waals surface area contributed by atoms with Crippen LogP contribution in [0, 0.1) is 0 Å². The summed E-state index contributed by atoms with van der Waals surface area (Å²) in [4.78, 5) is 36.0. The number of carboxylic acids is 1. The number of hydrogen-bond acceptors (Lipinski definition) is 4. The van der Waals surface area contributed by atoms with E-state index in [1.165, 1.54) is 0 Å². The number of allylic oxidation sites excluding steroid dienone is 1. The van der Waals surface area contributed by atoms with Gasteiger partial charge in [-0.15, -0.1) is 0 Å². The zero-order valence-electron chi connectivity index (χ0n) is 14.4. The van der Waals surface area contributed by atoms with Crippen molar-refractivity contribution in [2.24, 2.45) is 0 Å². The van der Waals surface area contributed by atoms with Crippen molar-refractivity contribution in [2.45, 2.75) is 19.3 Å². The number of carbonyl (C=O) groups is 3. The van der Waals surface area contributed by atoms with Crippen molar-refractivity contribution in [1.29, 1.82) is 0 Å². The van der Waals surface area contributed by atoms with Crippen LogP contribution in [-0.4, -0.2) is 29.7 Å². The summed E-state index contributed by atoms with van der Waals surface area (Å²) in [6.07, 6.45) is 1.84. The first-order valence-corrected chi connectivity index (χ1v) is 8.35. The van der Waals surface area contributed by atoms with Gasteiger partial charge in [0.1, 0.15) is 0 Å². The number of ketones is 2. The molecular formula is C21H19NO4. The summed E-state index contributed by atoms with van der Waals surface area (Å²) in [6, 6.07) is 12.6. The van der Waals surface area contributed by atoms with E-state index in [0.29, 0.717) is 11.1 Å². The minimum Gasteiger partial charge on any atom is -0.481 e. The highest BCUT2D eigenvalue weighted by molar-refractivity contribution is 6.25. The maximum absolute atomic E-state index is 12.7. The number of hydrogen-bond donors (Lipinski definition) is 2. The molecule has 2 aromatic carbocycles. The normalized spacial score (nSPS) is 13.0. The summed E-state index contributed by atoms with van der Waals surface area (Å²) in [5.41, 5.74) is 4.21. The molecule has 0 bridgehead atoms. The van der Waals surface area contributed by atoms with Crippen molar-refractivity contribution in [1.82, 2.24) is 0 Å². The number of carbonyl (C=O) groups excluding carboxylic acids is 2. The third-order valence-electron chi connectivity index (χ3n) is 4.43. The number of nitrogens with one attached hydrogen (secondary N) is 1. The lowest BCUT2D eigenvalue weighted by molar-refractivity contribution is -0.136. The molecule has 0 unspecified atom stereocenters. The van der Waals surface area contributed by atoms with Crippen LogP contribution in [0.1, 0.15) is 22.3 Å². The van der Waals surface area contributed by atoms with Gasteiger partial charge in [-0.25, -0.2) is 0 Å². The number of Topliss-reactive ketones (excluding diaryl/α,β-unsaturated/α-hetero) is 2. The SMILES string of the molecule is CNc1cccc2c1CC(=O)C(C(=O)Cc1cccc(CC(=O)O)c1)=C2. The Bertz CT molecular complexity index is 927. The molecule has 0 amide bonds. The molecule has 2 N–H and O–H groups in total. The molecule has 0 saturated carbocycles. The van der Waals surface area contributed by atoms with Gasteiger partial charge in [0, 0.05) is 25.6 Å². The van der Waals surface area contributed by atoms with Crippen molar-refractivity contribution in [3.63, 3.8) is 0 Å². The molecule has 5 nitrogen and oxygen atoms in total. The number of aliphatic carboxylic acids is 1. The van der Waals surface area contributed by atoms with Gasteiger partial charge in [-0.3, -0.25) is 14.4 Å². The first-order valence-electron chi connectivity index (χ1n) is 8.35. The molecule has 0 fully saturated rings. The maximum Gasteiger partial charge on any atom is 0.307 e. The fourth-order valence-corrected chi connectivity index (χ4v) is 3.20. The van der Waals surface area contributed by atoms with Crippen LogP contribution in [0.2, 0.25) is 0 Å². The van der Waals surface area contributed by atoms with Crippen molar-refractivity contribution in [2.75, 3.05) is 12.4 Å². The fraction of sp³-hybridized carbons (Fsp3) is 0.190. The summed E-state index contributed by atoms with van der Waals surface area (Å²) >= 11 is 0.